The molecule has 1 aliphatic rings. The van der Waals surface area contributed by atoms with Crippen molar-refractivity contribution in [2.45, 2.75) is 19.3 Å². The van der Waals surface area contributed by atoms with Crippen LogP contribution in [0.25, 0.3) is 137 Å². The van der Waals surface area contributed by atoms with Crippen molar-refractivity contribution in [3.05, 3.63) is 254 Å². The number of fused-ring (bicyclic) bond motifs is 12. The Morgan fingerprint density at radius 3 is 1.58 bits per heavy atom. The van der Waals surface area contributed by atoms with Crippen LogP contribution in [0.3, 0.4) is 0 Å². The largest absolute Gasteiger partial charge is 0.292 e. The number of hydrogen-bond acceptors (Lipinski definition) is 1. The molecule has 2 nitrogen and oxygen atoms in total. The highest BCUT2D eigenvalue weighted by Gasteiger charge is 2.36. The molecule has 0 saturated heterocycles. The van der Waals surface area contributed by atoms with Crippen molar-refractivity contribution in [1.82, 2.24) is 9.55 Å². The minimum Gasteiger partial charge on any atom is -0.292 e. The Balaban J connectivity index is 1.09. The van der Waals surface area contributed by atoms with Crippen molar-refractivity contribution in [2.24, 2.45) is 0 Å². The van der Waals surface area contributed by atoms with Crippen molar-refractivity contribution in [2.75, 3.05) is 0 Å². The van der Waals surface area contributed by atoms with Gasteiger partial charge in [-0.25, -0.2) is 4.98 Å². The summed E-state index contributed by atoms with van der Waals surface area (Å²) >= 11 is 0. The molecule has 0 fully saturated rings. The van der Waals surface area contributed by atoms with Crippen LogP contribution in [0, 0.1) is 0 Å². The molecule has 1 aliphatic carbocycles. The zero-order valence-electron chi connectivity index (χ0n) is 40.0. The fourth-order valence-corrected chi connectivity index (χ4v) is 12.6. The summed E-state index contributed by atoms with van der Waals surface area (Å²) < 4.78 is 2.29. The summed E-state index contributed by atoms with van der Waals surface area (Å²) in [5.74, 6) is 0.919. The maximum absolute atomic E-state index is 5.30. The Hall–Kier alpha value is -9.11. The van der Waals surface area contributed by atoms with E-state index in [-0.39, 0.29) is 5.41 Å². The van der Waals surface area contributed by atoms with Crippen LogP contribution >= 0.6 is 0 Å². The van der Waals surface area contributed by atoms with Crippen LogP contribution < -0.4 is 0 Å². The minimum atomic E-state index is -0.202. The summed E-state index contributed by atoms with van der Waals surface area (Å²) in [5, 5.41) is 15.0. The number of aromatic nitrogens is 2. The SMILES string of the molecule is CC1(C)c2ccccc2-c2cc3c(-c4cc5ccccc5c5ccccc45)c4ccc(-c5cccc(-c6nc7ccccc7n6-c6ccccc6)c5)cc4c(-c4cc5ccccc5c5ccccc45)c3cc21. The third-order valence-electron chi connectivity index (χ3n) is 15.9. The Morgan fingerprint density at radius 2 is 0.861 bits per heavy atom. The minimum absolute atomic E-state index is 0.202. The second-order valence-corrected chi connectivity index (χ2v) is 20.2. The smallest absolute Gasteiger partial charge is 0.145 e. The number of nitrogens with zero attached hydrogens (tertiary/aromatic N) is 2. The van der Waals surface area contributed by atoms with Crippen LogP contribution in [0.15, 0.2) is 243 Å². The van der Waals surface area contributed by atoms with E-state index in [0.717, 1.165) is 39.2 Å². The van der Waals surface area contributed by atoms with Gasteiger partial charge in [0.15, 0.2) is 0 Å². The highest BCUT2D eigenvalue weighted by Crippen LogP contribution is 2.55. The predicted molar refractivity (Wildman–Crippen MR) is 305 cm³/mol. The van der Waals surface area contributed by atoms with E-state index in [1.54, 1.807) is 0 Å². The van der Waals surface area contributed by atoms with Gasteiger partial charge in [0.05, 0.1) is 11.0 Å². The average Bonchev–Trinajstić information content (AvgIpc) is 3.94. The molecule has 2 heteroatoms. The van der Waals surface area contributed by atoms with E-state index in [0.29, 0.717) is 0 Å². The van der Waals surface area contributed by atoms with Crippen LogP contribution in [-0.4, -0.2) is 9.55 Å². The molecule has 14 aromatic rings. The maximum atomic E-state index is 5.30. The van der Waals surface area contributed by atoms with Crippen LogP contribution in [-0.2, 0) is 5.41 Å². The average molecular weight is 915 g/mol. The zero-order valence-corrected chi connectivity index (χ0v) is 40.0. The van der Waals surface area contributed by atoms with Crippen molar-refractivity contribution in [1.29, 1.82) is 0 Å². The molecule has 0 amide bonds. The molecule has 15 rings (SSSR count). The summed E-state index contributed by atoms with van der Waals surface area (Å²) in [5.41, 5.74) is 16.7. The lowest BCUT2D eigenvalue weighted by Crippen LogP contribution is -2.14. The van der Waals surface area contributed by atoms with Crippen LogP contribution in [0.2, 0.25) is 0 Å². The molecule has 0 atom stereocenters. The van der Waals surface area contributed by atoms with Gasteiger partial charge in [-0.1, -0.05) is 196 Å². The summed E-state index contributed by atoms with van der Waals surface area (Å²) in [4.78, 5) is 5.30. The summed E-state index contributed by atoms with van der Waals surface area (Å²) in [6.45, 7) is 4.81. The fourth-order valence-electron chi connectivity index (χ4n) is 12.6. The topological polar surface area (TPSA) is 17.8 Å². The molecular formula is C70H46N2. The third-order valence-corrected chi connectivity index (χ3v) is 15.9. The van der Waals surface area contributed by atoms with Gasteiger partial charge in [-0.3, -0.25) is 4.57 Å². The molecule has 0 N–H and O–H groups in total. The molecule has 0 aliphatic heterocycles. The van der Waals surface area contributed by atoms with E-state index in [4.69, 9.17) is 4.98 Å². The van der Waals surface area contributed by atoms with Crippen LogP contribution in [0.4, 0.5) is 0 Å². The standard InChI is InChI=1S/C70H46N2/c1-70(2)63-32-15-14-31-55(63)57-41-61-62(42-64(57)70)68(59-40-46-20-7-9-26-50(46)52-28-11-13-30-54(52)59)60-38-44(35-36-56(60)67(61)58-39-45-19-6-8-25-49(45)51-27-10-12-29-53(51)58)43-21-18-22-47(37-43)69-71-65-33-16-17-34-66(65)72(69)48-23-4-3-5-24-48/h3-42H,1-2H3. The number of benzene rings is 13. The summed E-state index contributed by atoms with van der Waals surface area (Å²) in [6, 6.07) is 90.3. The number of hydrogen-bond donors (Lipinski definition) is 0. The fraction of sp³-hybridized carbons (Fsp3) is 0.0429. The lowest BCUT2D eigenvalue weighted by molar-refractivity contribution is 0.661. The van der Waals surface area contributed by atoms with Gasteiger partial charge in [0, 0.05) is 16.7 Å². The number of para-hydroxylation sites is 3. The number of rotatable bonds is 5. The molecule has 0 radical (unpaired) electrons. The summed E-state index contributed by atoms with van der Waals surface area (Å²) in [7, 11) is 0. The van der Waals surface area contributed by atoms with Crippen molar-refractivity contribution >= 4 is 75.7 Å². The molecule has 336 valence electrons. The van der Waals surface area contributed by atoms with Gasteiger partial charge in [-0.05, 0) is 181 Å². The van der Waals surface area contributed by atoms with E-state index >= 15 is 0 Å². The highest BCUT2D eigenvalue weighted by atomic mass is 15.1. The van der Waals surface area contributed by atoms with Gasteiger partial charge in [0.2, 0.25) is 0 Å². The molecule has 0 spiro atoms. The van der Waals surface area contributed by atoms with Gasteiger partial charge >= 0.3 is 0 Å². The first-order valence-corrected chi connectivity index (χ1v) is 25.1. The first-order valence-electron chi connectivity index (χ1n) is 25.1. The van der Waals surface area contributed by atoms with Crippen molar-refractivity contribution < 1.29 is 0 Å². The van der Waals surface area contributed by atoms with Crippen molar-refractivity contribution in [3.8, 4) is 61.6 Å². The summed E-state index contributed by atoms with van der Waals surface area (Å²) in [6.07, 6.45) is 0. The van der Waals surface area contributed by atoms with Gasteiger partial charge in [0.25, 0.3) is 0 Å². The van der Waals surface area contributed by atoms with E-state index in [9.17, 15) is 0 Å². The van der Waals surface area contributed by atoms with Crippen LogP contribution in [0.5, 0.6) is 0 Å². The van der Waals surface area contributed by atoms with Gasteiger partial charge in [-0.15, -0.1) is 0 Å². The Morgan fingerprint density at radius 1 is 0.319 bits per heavy atom. The maximum Gasteiger partial charge on any atom is 0.145 e. The zero-order chi connectivity index (χ0) is 47.7. The molecule has 0 saturated carbocycles. The van der Waals surface area contributed by atoms with E-state index in [1.165, 1.54) is 109 Å². The third kappa shape index (κ3) is 5.93. The highest BCUT2D eigenvalue weighted by molar-refractivity contribution is 6.29. The lowest BCUT2D eigenvalue weighted by Gasteiger charge is -2.25. The monoisotopic (exact) mass is 914 g/mol. The first-order chi connectivity index (χ1) is 35.5. The van der Waals surface area contributed by atoms with Gasteiger partial charge in [0.1, 0.15) is 5.82 Å². The normalized spacial score (nSPS) is 13.0. The molecule has 13 aromatic carbocycles. The Bertz CT molecular complexity index is 4590. The molecule has 0 unspecified atom stereocenters. The van der Waals surface area contributed by atoms with Gasteiger partial charge in [-0.2, -0.15) is 0 Å². The molecule has 72 heavy (non-hydrogen) atoms. The van der Waals surface area contributed by atoms with Gasteiger partial charge < -0.3 is 0 Å². The van der Waals surface area contributed by atoms with Crippen molar-refractivity contribution in [3.63, 3.8) is 0 Å². The number of imidazole rings is 1. The first kappa shape index (κ1) is 40.7. The lowest BCUT2D eigenvalue weighted by atomic mass is 9.78. The van der Waals surface area contributed by atoms with E-state index in [1.807, 2.05) is 0 Å². The molecule has 0 bridgehead atoms. The molecular weight excluding hydrogens is 869 g/mol. The predicted octanol–water partition coefficient (Wildman–Crippen LogP) is 18.9. The second-order valence-electron chi connectivity index (χ2n) is 20.2. The second kappa shape index (κ2) is 15.4. The van der Waals surface area contributed by atoms with E-state index < -0.39 is 0 Å². The molecule has 1 heterocycles. The quantitative estimate of drug-likeness (QED) is 0.124. The Labute approximate surface area is 417 Å². The Kier molecular flexibility index (Phi) is 8.74. The van der Waals surface area contributed by atoms with E-state index in [2.05, 4.69) is 261 Å². The van der Waals surface area contributed by atoms with Crippen LogP contribution in [0.1, 0.15) is 25.0 Å². The molecule has 1 aromatic heterocycles.